The van der Waals surface area contributed by atoms with Crippen molar-refractivity contribution >= 4 is 6.09 Å². The molecule has 0 aromatic carbocycles. The van der Waals surface area contributed by atoms with E-state index in [1.54, 1.807) is 30.6 Å². The van der Waals surface area contributed by atoms with Gasteiger partial charge in [0, 0.05) is 12.4 Å². The average Bonchev–Trinajstić information content (AvgIpc) is 2.14. The Hall–Kier alpha value is -1.71. The Morgan fingerprint density at radius 3 is 3.09 bits per heavy atom. The highest BCUT2D eigenvalue weighted by Crippen LogP contribution is 1.93. The maximum atomic E-state index is 10.1. The van der Waals surface area contributed by atoms with Crippen LogP contribution in [-0.2, 0) is 0 Å². The molecule has 0 saturated heterocycles. The summed E-state index contributed by atoms with van der Waals surface area (Å²) in [4.78, 5) is 10.1. The largest absolute Gasteiger partial charge is 0.465 e. The SMILES string of the molecule is O=C(O)NC1=CNC=CC=C1. The first kappa shape index (κ1) is 7.40. The van der Waals surface area contributed by atoms with Gasteiger partial charge in [0.15, 0.2) is 0 Å². The highest BCUT2D eigenvalue weighted by Gasteiger charge is 1.96. The molecule has 0 fully saturated rings. The Morgan fingerprint density at radius 1 is 1.55 bits per heavy atom. The van der Waals surface area contributed by atoms with Crippen LogP contribution in [0.1, 0.15) is 0 Å². The quantitative estimate of drug-likeness (QED) is 0.520. The van der Waals surface area contributed by atoms with Gasteiger partial charge in [-0.15, -0.1) is 0 Å². The smallest absolute Gasteiger partial charge is 0.409 e. The molecular formula is C7H8N2O2. The topological polar surface area (TPSA) is 61.4 Å². The molecule has 1 rings (SSSR count). The minimum Gasteiger partial charge on any atom is -0.465 e. The Balaban J connectivity index is 2.58. The van der Waals surface area contributed by atoms with Gasteiger partial charge in [0.2, 0.25) is 0 Å². The summed E-state index contributed by atoms with van der Waals surface area (Å²) in [7, 11) is 0. The number of carbonyl (C=O) groups is 1. The number of amides is 1. The van der Waals surface area contributed by atoms with Crippen molar-refractivity contribution in [1.82, 2.24) is 10.6 Å². The second-order valence-corrected chi connectivity index (χ2v) is 1.91. The van der Waals surface area contributed by atoms with E-state index in [1.807, 2.05) is 0 Å². The fourth-order valence-electron chi connectivity index (χ4n) is 0.658. The second-order valence-electron chi connectivity index (χ2n) is 1.91. The summed E-state index contributed by atoms with van der Waals surface area (Å²) in [6, 6.07) is 0. The fourth-order valence-corrected chi connectivity index (χ4v) is 0.658. The van der Waals surface area contributed by atoms with Gasteiger partial charge in [0.05, 0.1) is 5.70 Å². The van der Waals surface area contributed by atoms with Crippen molar-refractivity contribution < 1.29 is 9.90 Å². The Kier molecular flexibility index (Phi) is 2.32. The molecule has 0 spiro atoms. The zero-order valence-electron chi connectivity index (χ0n) is 5.74. The van der Waals surface area contributed by atoms with Gasteiger partial charge in [0.1, 0.15) is 0 Å². The van der Waals surface area contributed by atoms with E-state index in [9.17, 15) is 4.79 Å². The monoisotopic (exact) mass is 152 g/mol. The molecule has 1 amide bonds. The number of rotatable bonds is 1. The van der Waals surface area contributed by atoms with Crippen LogP contribution in [0.15, 0.2) is 36.3 Å². The van der Waals surface area contributed by atoms with Crippen LogP contribution in [0.3, 0.4) is 0 Å². The van der Waals surface area contributed by atoms with E-state index < -0.39 is 6.09 Å². The van der Waals surface area contributed by atoms with Gasteiger partial charge in [-0.3, -0.25) is 5.32 Å². The molecule has 1 aliphatic heterocycles. The van der Waals surface area contributed by atoms with E-state index in [0.717, 1.165) is 0 Å². The minimum atomic E-state index is -1.07. The third kappa shape index (κ3) is 2.57. The van der Waals surface area contributed by atoms with Gasteiger partial charge in [0.25, 0.3) is 0 Å². The van der Waals surface area contributed by atoms with Crippen molar-refractivity contribution in [3.8, 4) is 0 Å². The van der Waals surface area contributed by atoms with Gasteiger partial charge in [-0.05, 0) is 12.2 Å². The second kappa shape index (κ2) is 3.46. The fraction of sp³-hybridized carbons (Fsp3) is 0. The molecule has 0 bridgehead atoms. The first-order chi connectivity index (χ1) is 5.29. The van der Waals surface area contributed by atoms with Crippen LogP contribution in [0.4, 0.5) is 4.79 Å². The first-order valence-corrected chi connectivity index (χ1v) is 3.08. The molecular weight excluding hydrogens is 144 g/mol. The number of carboxylic acid groups (broad SMARTS) is 1. The normalized spacial score (nSPS) is 14.7. The molecule has 1 aliphatic rings. The van der Waals surface area contributed by atoms with Crippen molar-refractivity contribution in [3.63, 3.8) is 0 Å². The molecule has 0 radical (unpaired) electrons. The average molecular weight is 152 g/mol. The van der Waals surface area contributed by atoms with Crippen molar-refractivity contribution in [1.29, 1.82) is 0 Å². The van der Waals surface area contributed by atoms with Crippen LogP contribution in [0, 0.1) is 0 Å². The molecule has 58 valence electrons. The van der Waals surface area contributed by atoms with Gasteiger partial charge in [-0.2, -0.15) is 0 Å². The summed E-state index contributed by atoms with van der Waals surface area (Å²) in [6.45, 7) is 0. The molecule has 4 nitrogen and oxygen atoms in total. The highest BCUT2D eigenvalue weighted by molar-refractivity contribution is 5.67. The lowest BCUT2D eigenvalue weighted by atomic mass is 10.4. The zero-order valence-corrected chi connectivity index (χ0v) is 5.74. The predicted molar refractivity (Wildman–Crippen MR) is 40.7 cm³/mol. The van der Waals surface area contributed by atoms with Crippen LogP contribution < -0.4 is 10.6 Å². The number of allylic oxidation sites excluding steroid dienone is 3. The Bertz CT molecular complexity index is 241. The highest BCUT2D eigenvalue weighted by atomic mass is 16.4. The maximum Gasteiger partial charge on any atom is 0.409 e. The number of hydrogen-bond acceptors (Lipinski definition) is 2. The Labute approximate surface area is 63.9 Å². The van der Waals surface area contributed by atoms with Crippen molar-refractivity contribution in [2.24, 2.45) is 0 Å². The number of hydrogen-bond donors (Lipinski definition) is 3. The number of nitrogens with one attached hydrogen (secondary N) is 2. The molecule has 0 saturated carbocycles. The summed E-state index contributed by atoms with van der Waals surface area (Å²) in [5.74, 6) is 0. The lowest BCUT2D eigenvalue weighted by molar-refractivity contribution is 0.198. The van der Waals surface area contributed by atoms with E-state index in [2.05, 4.69) is 10.6 Å². The third-order valence-electron chi connectivity index (χ3n) is 1.07. The lowest BCUT2D eigenvalue weighted by Gasteiger charge is -1.98. The molecule has 1 heterocycles. The molecule has 4 heteroatoms. The van der Waals surface area contributed by atoms with E-state index in [1.165, 1.54) is 0 Å². The molecule has 0 aromatic rings. The Morgan fingerprint density at radius 2 is 2.36 bits per heavy atom. The van der Waals surface area contributed by atoms with Crippen molar-refractivity contribution in [2.45, 2.75) is 0 Å². The van der Waals surface area contributed by atoms with Crippen molar-refractivity contribution in [2.75, 3.05) is 0 Å². The predicted octanol–water partition coefficient (Wildman–Crippen LogP) is 0.768. The van der Waals surface area contributed by atoms with Crippen LogP contribution in [0.25, 0.3) is 0 Å². The first-order valence-electron chi connectivity index (χ1n) is 3.08. The summed E-state index contributed by atoms with van der Waals surface area (Å²) >= 11 is 0. The summed E-state index contributed by atoms with van der Waals surface area (Å²) in [5, 5.41) is 13.3. The summed E-state index contributed by atoms with van der Waals surface area (Å²) < 4.78 is 0. The van der Waals surface area contributed by atoms with Crippen LogP contribution >= 0.6 is 0 Å². The van der Waals surface area contributed by atoms with E-state index in [4.69, 9.17) is 5.11 Å². The standard InChI is InChI=1S/C7H8N2O2/c10-7(11)9-6-3-1-2-4-8-5-6/h1-5,8-9H,(H,10,11). The molecule has 0 atom stereocenters. The lowest BCUT2D eigenvalue weighted by Crippen LogP contribution is -2.19. The van der Waals surface area contributed by atoms with Crippen molar-refractivity contribution in [3.05, 3.63) is 36.3 Å². The van der Waals surface area contributed by atoms with E-state index in [-0.39, 0.29) is 0 Å². The minimum absolute atomic E-state index is 0.516. The van der Waals surface area contributed by atoms with Gasteiger partial charge in [-0.25, -0.2) is 4.79 Å². The van der Waals surface area contributed by atoms with Gasteiger partial charge in [-0.1, -0.05) is 6.08 Å². The van der Waals surface area contributed by atoms with Gasteiger partial charge < -0.3 is 10.4 Å². The molecule has 3 N–H and O–H groups in total. The van der Waals surface area contributed by atoms with E-state index >= 15 is 0 Å². The summed E-state index contributed by atoms with van der Waals surface area (Å²) in [5.41, 5.74) is 0.516. The van der Waals surface area contributed by atoms with E-state index in [0.29, 0.717) is 5.70 Å². The third-order valence-corrected chi connectivity index (χ3v) is 1.07. The zero-order chi connectivity index (χ0) is 8.10. The maximum absolute atomic E-state index is 10.1. The van der Waals surface area contributed by atoms with Crippen LogP contribution in [0.2, 0.25) is 0 Å². The van der Waals surface area contributed by atoms with Gasteiger partial charge >= 0.3 is 6.09 Å². The van der Waals surface area contributed by atoms with Crippen LogP contribution in [0.5, 0.6) is 0 Å². The molecule has 0 unspecified atom stereocenters. The molecule has 11 heavy (non-hydrogen) atoms. The molecule has 0 aliphatic carbocycles. The molecule has 0 aromatic heterocycles. The van der Waals surface area contributed by atoms with Crippen LogP contribution in [-0.4, -0.2) is 11.2 Å². The summed E-state index contributed by atoms with van der Waals surface area (Å²) in [6.07, 6.45) is 7.37.